The Bertz CT molecular complexity index is 1530. The number of rotatable bonds is 4. The lowest BCUT2D eigenvalue weighted by Crippen LogP contribution is -2.44. The number of carbonyl (C=O) groups is 3. The van der Waals surface area contributed by atoms with Crippen molar-refractivity contribution in [1.29, 1.82) is 0 Å². The number of ketones is 1. The van der Waals surface area contributed by atoms with Crippen LogP contribution in [0.15, 0.2) is 72.9 Å². The highest BCUT2D eigenvalue weighted by molar-refractivity contribution is 6.36. The van der Waals surface area contributed by atoms with Crippen molar-refractivity contribution in [2.24, 2.45) is 11.8 Å². The molecule has 8 nitrogen and oxygen atoms in total. The summed E-state index contributed by atoms with van der Waals surface area (Å²) < 4.78 is 0. The zero-order chi connectivity index (χ0) is 26.0. The van der Waals surface area contributed by atoms with Crippen LogP contribution in [-0.4, -0.2) is 33.5 Å². The third-order valence-electron chi connectivity index (χ3n) is 7.18. The minimum Gasteiger partial charge on any atom is -0.358 e. The standard InChI is InChI=1S/C27H17Cl2N3O5/c28-16-11-17(29)13-19(12-16)31-26(34)21-22(27(31)35)24(25(33)15-5-3-6-18(10-15)32(36)37)30-9-8-14-4-1-2-7-20(14)23(21)30/h1-13,21-24H/t21-,22-,23+,24+/m1/s1. The highest BCUT2D eigenvalue weighted by Gasteiger charge is 2.64. The summed E-state index contributed by atoms with van der Waals surface area (Å²) in [7, 11) is 0. The van der Waals surface area contributed by atoms with Gasteiger partial charge in [-0.3, -0.25) is 24.5 Å². The molecule has 3 aromatic rings. The molecule has 3 aromatic carbocycles. The number of amides is 2. The second kappa shape index (κ2) is 8.54. The molecule has 0 bridgehead atoms. The summed E-state index contributed by atoms with van der Waals surface area (Å²) in [5, 5.41) is 11.9. The fourth-order valence-electron chi connectivity index (χ4n) is 5.72. The first-order valence-electron chi connectivity index (χ1n) is 11.4. The molecule has 2 fully saturated rings. The first kappa shape index (κ1) is 23.4. The van der Waals surface area contributed by atoms with E-state index < -0.39 is 46.4 Å². The van der Waals surface area contributed by atoms with Crippen molar-refractivity contribution < 1.29 is 19.3 Å². The highest BCUT2D eigenvalue weighted by atomic mass is 35.5. The topological polar surface area (TPSA) is 101 Å². The van der Waals surface area contributed by atoms with Gasteiger partial charge in [-0.15, -0.1) is 0 Å². The number of fused-ring (bicyclic) bond motifs is 5. The van der Waals surface area contributed by atoms with E-state index in [1.807, 2.05) is 30.3 Å². The van der Waals surface area contributed by atoms with E-state index in [4.69, 9.17) is 23.2 Å². The second-order valence-electron chi connectivity index (χ2n) is 9.14. The SMILES string of the molecule is O=C(c1cccc([N+](=O)[O-])c1)[C@@H]1[C@@H]2C(=O)N(c3cc(Cl)cc(Cl)c3)C(=O)[C@H]2[C@@H]2c3ccccc3C=CN12. The molecule has 2 saturated heterocycles. The van der Waals surface area contributed by atoms with Crippen molar-refractivity contribution in [3.05, 3.63) is 110 Å². The van der Waals surface area contributed by atoms with Gasteiger partial charge in [-0.25, -0.2) is 4.90 Å². The fourth-order valence-corrected chi connectivity index (χ4v) is 6.24. The van der Waals surface area contributed by atoms with Crippen LogP contribution in [0.4, 0.5) is 11.4 Å². The van der Waals surface area contributed by atoms with Crippen LogP contribution in [0.2, 0.25) is 10.0 Å². The molecule has 184 valence electrons. The molecule has 0 saturated carbocycles. The summed E-state index contributed by atoms with van der Waals surface area (Å²) in [6, 6.07) is 15.7. The van der Waals surface area contributed by atoms with Crippen LogP contribution in [0.25, 0.3) is 6.08 Å². The number of non-ortho nitro benzene ring substituents is 1. The number of imide groups is 1. The molecule has 10 heteroatoms. The predicted molar refractivity (Wildman–Crippen MR) is 137 cm³/mol. The normalized spacial score (nSPS) is 23.6. The number of hydrogen-bond acceptors (Lipinski definition) is 6. The van der Waals surface area contributed by atoms with Gasteiger partial charge in [0.1, 0.15) is 6.04 Å². The minimum absolute atomic E-state index is 0.0929. The Morgan fingerprint density at radius 3 is 2.32 bits per heavy atom. The Morgan fingerprint density at radius 2 is 1.59 bits per heavy atom. The summed E-state index contributed by atoms with van der Waals surface area (Å²) in [6.07, 6.45) is 3.57. The molecular formula is C27H17Cl2N3O5. The van der Waals surface area contributed by atoms with Gasteiger partial charge in [0.25, 0.3) is 5.69 Å². The number of halogens is 2. The number of anilines is 1. The Hall–Kier alpha value is -4.01. The lowest BCUT2D eigenvalue weighted by atomic mass is 9.83. The Balaban J connectivity index is 1.50. The van der Waals surface area contributed by atoms with Crippen LogP contribution >= 0.6 is 23.2 Å². The molecule has 6 rings (SSSR count). The third kappa shape index (κ3) is 3.55. The van der Waals surface area contributed by atoms with Crippen LogP contribution < -0.4 is 4.90 Å². The number of nitro benzene ring substituents is 1. The van der Waals surface area contributed by atoms with Gasteiger partial charge in [0, 0.05) is 33.9 Å². The molecule has 4 atom stereocenters. The zero-order valence-electron chi connectivity index (χ0n) is 19.0. The van der Waals surface area contributed by atoms with Crippen molar-refractivity contribution >= 4 is 58.3 Å². The predicted octanol–water partition coefficient (Wildman–Crippen LogP) is 5.30. The molecule has 0 N–H and O–H groups in total. The average Bonchev–Trinajstić information content (AvgIpc) is 3.35. The number of nitrogens with zero attached hydrogens (tertiary/aromatic N) is 3. The van der Waals surface area contributed by atoms with E-state index in [9.17, 15) is 24.5 Å². The van der Waals surface area contributed by atoms with Crippen LogP contribution in [0.1, 0.15) is 27.5 Å². The van der Waals surface area contributed by atoms with Gasteiger partial charge in [-0.2, -0.15) is 0 Å². The third-order valence-corrected chi connectivity index (χ3v) is 7.61. The number of benzene rings is 3. The molecule has 0 unspecified atom stereocenters. The fraction of sp³-hybridized carbons (Fsp3) is 0.148. The van der Waals surface area contributed by atoms with E-state index in [1.54, 1.807) is 11.1 Å². The Kier molecular flexibility index (Phi) is 5.40. The van der Waals surface area contributed by atoms with Crippen LogP contribution in [-0.2, 0) is 9.59 Å². The molecule has 3 aliphatic heterocycles. The van der Waals surface area contributed by atoms with E-state index >= 15 is 0 Å². The van der Waals surface area contributed by atoms with Crippen molar-refractivity contribution in [3.63, 3.8) is 0 Å². The number of nitro groups is 1. The number of carbonyl (C=O) groups excluding carboxylic acids is 3. The number of hydrogen-bond donors (Lipinski definition) is 0. The first-order chi connectivity index (χ1) is 17.8. The molecular weight excluding hydrogens is 517 g/mol. The van der Waals surface area contributed by atoms with Crippen LogP contribution in [0.5, 0.6) is 0 Å². The van der Waals surface area contributed by atoms with E-state index in [2.05, 4.69) is 0 Å². The van der Waals surface area contributed by atoms with Crippen LogP contribution in [0.3, 0.4) is 0 Å². The summed E-state index contributed by atoms with van der Waals surface area (Å²) >= 11 is 12.3. The summed E-state index contributed by atoms with van der Waals surface area (Å²) in [5.74, 6) is -3.35. The van der Waals surface area contributed by atoms with Gasteiger partial charge >= 0.3 is 0 Å². The molecule has 0 radical (unpaired) electrons. The molecule has 3 heterocycles. The minimum atomic E-state index is -1.04. The maximum Gasteiger partial charge on any atom is 0.270 e. The van der Waals surface area contributed by atoms with Crippen molar-refractivity contribution in [2.75, 3.05) is 4.90 Å². The van der Waals surface area contributed by atoms with Crippen molar-refractivity contribution in [1.82, 2.24) is 4.90 Å². The number of Topliss-reactive ketones (excluding diaryl/α,β-unsaturated/α-hetero) is 1. The monoisotopic (exact) mass is 533 g/mol. The summed E-state index contributed by atoms with van der Waals surface area (Å²) in [6.45, 7) is 0. The van der Waals surface area contributed by atoms with Gasteiger partial charge in [0.2, 0.25) is 11.8 Å². The molecule has 0 aromatic heterocycles. The molecule has 37 heavy (non-hydrogen) atoms. The quantitative estimate of drug-likeness (QED) is 0.195. The van der Waals surface area contributed by atoms with E-state index in [1.165, 1.54) is 42.5 Å². The lowest BCUT2D eigenvalue weighted by Gasteiger charge is -2.35. The summed E-state index contributed by atoms with van der Waals surface area (Å²) in [5.41, 5.74) is 1.79. The van der Waals surface area contributed by atoms with Gasteiger partial charge < -0.3 is 4.90 Å². The average molecular weight is 534 g/mol. The lowest BCUT2D eigenvalue weighted by molar-refractivity contribution is -0.384. The second-order valence-corrected chi connectivity index (χ2v) is 10.0. The Labute approximate surface area is 220 Å². The van der Waals surface area contributed by atoms with Crippen LogP contribution in [0, 0.1) is 22.0 Å². The molecule has 2 amide bonds. The largest absolute Gasteiger partial charge is 0.358 e. The highest BCUT2D eigenvalue weighted by Crippen LogP contribution is 2.54. The molecule has 0 spiro atoms. The van der Waals surface area contributed by atoms with Crippen molar-refractivity contribution in [3.8, 4) is 0 Å². The van der Waals surface area contributed by atoms with Gasteiger partial charge in [-0.1, -0.05) is 59.6 Å². The Morgan fingerprint density at radius 1 is 0.892 bits per heavy atom. The van der Waals surface area contributed by atoms with Gasteiger partial charge in [0.15, 0.2) is 5.78 Å². The van der Waals surface area contributed by atoms with Gasteiger partial charge in [0.05, 0.1) is 28.5 Å². The summed E-state index contributed by atoms with van der Waals surface area (Å²) in [4.78, 5) is 55.3. The molecule has 3 aliphatic rings. The first-order valence-corrected chi connectivity index (χ1v) is 12.2. The maximum atomic E-state index is 13.9. The van der Waals surface area contributed by atoms with Crippen molar-refractivity contribution in [2.45, 2.75) is 12.1 Å². The van der Waals surface area contributed by atoms with Gasteiger partial charge in [-0.05, 0) is 35.4 Å². The zero-order valence-corrected chi connectivity index (χ0v) is 20.5. The van der Waals surface area contributed by atoms with E-state index in [0.29, 0.717) is 0 Å². The molecule has 0 aliphatic carbocycles. The van der Waals surface area contributed by atoms with E-state index in [0.717, 1.165) is 16.0 Å². The van der Waals surface area contributed by atoms with E-state index in [-0.39, 0.29) is 27.0 Å². The maximum absolute atomic E-state index is 13.9. The smallest absolute Gasteiger partial charge is 0.270 e.